The van der Waals surface area contributed by atoms with Crippen molar-refractivity contribution in [3.05, 3.63) is 64.2 Å². The number of carbonyl (C=O) groups is 1. The molecule has 2 aromatic rings. The van der Waals surface area contributed by atoms with Crippen molar-refractivity contribution >= 4 is 33.2 Å². The van der Waals surface area contributed by atoms with Crippen LogP contribution < -0.4 is 9.62 Å². The van der Waals surface area contributed by atoms with Gasteiger partial charge in [-0.25, -0.2) is 8.42 Å². The van der Waals surface area contributed by atoms with Crippen LogP contribution in [0.5, 0.6) is 0 Å². The van der Waals surface area contributed by atoms with E-state index >= 15 is 0 Å². The molecule has 1 N–H and O–H groups in total. The molecule has 1 fully saturated rings. The van der Waals surface area contributed by atoms with Gasteiger partial charge in [0.15, 0.2) is 0 Å². The largest absolute Gasteiger partial charge is 0.348 e. The van der Waals surface area contributed by atoms with E-state index in [0.717, 1.165) is 17.5 Å². The van der Waals surface area contributed by atoms with Gasteiger partial charge < -0.3 is 5.32 Å². The maximum absolute atomic E-state index is 12.4. The predicted molar refractivity (Wildman–Crippen MR) is 104 cm³/mol. The Morgan fingerprint density at radius 3 is 2.65 bits per heavy atom. The van der Waals surface area contributed by atoms with Crippen LogP contribution in [-0.4, -0.2) is 26.6 Å². The molecule has 1 aliphatic heterocycles. The summed E-state index contributed by atoms with van der Waals surface area (Å²) in [6, 6.07) is 12.4. The zero-order chi connectivity index (χ0) is 18.7. The van der Waals surface area contributed by atoms with Gasteiger partial charge in [0.05, 0.1) is 11.4 Å². The van der Waals surface area contributed by atoms with Gasteiger partial charge in [0.25, 0.3) is 5.91 Å². The van der Waals surface area contributed by atoms with Gasteiger partial charge >= 0.3 is 0 Å². The van der Waals surface area contributed by atoms with Crippen molar-refractivity contribution in [1.82, 2.24) is 5.32 Å². The fraction of sp³-hybridized carbons (Fsp3) is 0.316. The van der Waals surface area contributed by atoms with E-state index in [1.165, 1.54) is 4.31 Å². The second-order valence-electron chi connectivity index (χ2n) is 6.37. The zero-order valence-corrected chi connectivity index (χ0v) is 16.1. The van der Waals surface area contributed by atoms with Crippen LogP contribution in [0.25, 0.3) is 0 Å². The lowest BCUT2D eigenvalue weighted by Gasteiger charge is -2.29. The highest BCUT2D eigenvalue weighted by atomic mass is 35.5. The first-order chi connectivity index (χ1) is 12.4. The van der Waals surface area contributed by atoms with E-state index < -0.39 is 10.0 Å². The van der Waals surface area contributed by atoms with Gasteiger partial charge in [-0.1, -0.05) is 29.8 Å². The Hall–Kier alpha value is -2.05. The molecular formula is C19H21ClN2O3S. The maximum atomic E-state index is 12.4. The van der Waals surface area contributed by atoms with Crippen LogP contribution in [0.4, 0.5) is 5.69 Å². The van der Waals surface area contributed by atoms with E-state index in [0.29, 0.717) is 35.8 Å². The van der Waals surface area contributed by atoms with Crippen molar-refractivity contribution in [2.75, 3.05) is 16.6 Å². The molecule has 0 atom stereocenters. The van der Waals surface area contributed by atoms with Crippen LogP contribution >= 0.6 is 11.6 Å². The summed E-state index contributed by atoms with van der Waals surface area (Å²) in [5.41, 5.74) is 2.75. The van der Waals surface area contributed by atoms with E-state index in [1.807, 2.05) is 25.1 Å². The summed E-state index contributed by atoms with van der Waals surface area (Å²) in [6.07, 6.45) is 1.54. The lowest BCUT2D eigenvalue weighted by molar-refractivity contribution is 0.0951. The second-order valence-corrected chi connectivity index (χ2v) is 8.79. The molecule has 1 amide bonds. The number of benzene rings is 2. The minimum absolute atomic E-state index is 0.173. The average Bonchev–Trinajstić information content (AvgIpc) is 2.61. The minimum Gasteiger partial charge on any atom is -0.348 e. The van der Waals surface area contributed by atoms with Crippen molar-refractivity contribution in [2.45, 2.75) is 26.3 Å². The predicted octanol–water partition coefficient (Wildman–Crippen LogP) is 3.51. The molecule has 0 aliphatic carbocycles. The normalized spacial score (nSPS) is 16.3. The lowest BCUT2D eigenvalue weighted by Crippen LogP contribution is -2.38. The number of nitrogens with zero attached hydrogens (tertiary/aromatic N) is 1. The Kier molecular flexibility index (Phi) is 5.53. The van der Waals surface area contributed by atoms with Crippen LogP contribution in [0.3, 0.4) is 0 Å². The van der Waals surface area contributed by atoms with Gasteiger partial charge in [0, 0.05) is 23.7 Å². The molecule has 0 saturated carbocycles. The van der Waals surface area contributed by atoms with Gasteiger partial charge in [-0.05, 0) is 55.2 Å². The highest BCUT2D eigenvalue weighted by Gasteiger charge is 2.27. The van der Waals surface area contributed by atoms with Crippen molar-refractivity contribution in [3.63, 3.8) is 0 Å². The second kappa shape index (κ2) is 7.68. The molecule has 3 rings (SSSR count). The standard InChI is InChI=1S/C19H21ClN2O3S/c1-14-12-15(19(23)21-13-16-6-2-3-7-17(16)20)8-9-18(14)22-10-4-5-11-26(22,24)25/h2-3,6-9,12H,4-5,10-11,13H2,1H3,(H,21,23). The Morgan fingerprint density at radius 2 is 1.96 bits per heavy atom. The molecule has 5 nitrogen and oxygen atoms in total. The summed E-state index contributed by atoms with van der Waals surface area (Å²) in [5.74, 6) is -0.0481. The summed E-state index contributed by atoms with van der Waals surface area (Å²) in [4.78, 5) is 12.4. The molecule has 0 radical (unpaired) electrons. The number of halogens is 1. The summed E-state index contributed by atoms with van der Waals surface area (Å²) < 4.78 is 26.0. The quantitative estimate of drug-likeness (QED) is 0.865. The molecule has 0 aromatic heterocycles. The molecule has 2 aromatic carbocycles. The van der Waals surface area contributed by atoms with E-state index in [-0.39, 0.29) is 11.7 Å². The van der Waals surface area contributed by atoms with Crippen LogP contribution in [0.2, 0.25) is 5.02 Å². The number of anilines is 1. The molecule has 7 heteroatoms. The third-order valence-corrected chi connectivity index (χ3v) is 6.70. The minimum atomic E-state index is -3.27. The highest BCUT2D eigenvalue weighted by Crippen LogP contribution is 2.27. The SMILES string of the molecule is Cc1cc(C(=O)NCc2ccccc2Cl)ccc1N1CCCCS1(=O)=O. The summed E-state index contributed by atoms with van der Waals surface area (Å²) in [7, 11) is -3.27. The number of sulfonamides is 1. The van der Waals surface area contributed by atoms with Crippen LogP contribution in [0.1, 0.15) is 34.3 Å². The zero-order valence-electron chi connectivity index (χ0n) is 14.5. The van der Waals surface area contributed by atoms with E-state index in [9.17, 15) is 13.2 Å². The van der Waals surface area contributed by atoms with Crippen molar-refractivity contribution in [2.24, 2.45) is 0 Å². The number of rotatable bonds is 4. The summed E-state index contributed by atoms with van der Waals surface area (Å²) in [6.45, 7) is 2.64. The maximum Gasteiger partial charge on any atom is 0.251 e. The first-order valence-corrected chi connectivity index (χ1v) is 10.5. The number of nitrogens with one attached hydrogen (secondary N) is 1. The fourth-order valence-electron chi connectivity index (χ4n) is 3.06. The molecule has 0 unspecified atom stereocenters. The van der Waals surface area contributed by atoms with Gasteiger partial charge in [-0.3, -0.25) is 9.10 Å². The first kappa shape index (κ1) is 18.7. The van der Waals surface area contributed by atoms with Gasteiger partial charge in [-0.2, -0.15) is 0 Å². The third kappa shape index (κ3) is 4.02. The molecule has 138 valence electrons. The first-order valence-electron chi connectivity index (χ1n) is 8.51. The van der Waals surface area contributed by atoms with E-state index in [2.05, 4.69) is 5.32 Å². The molecule has 0 bridgehead atoms. The average molecular weight is 393 g/mol. The van der Waals surface area contributed by atoms with Crippen molar-refractivity contribution < 1.29 is 13.2 Å². The Labute approximate surface area is 159 Å². The topological polar surface area (TPSA) is 66.5 Å². The smallest absolute Gasteiger partial charge is 0.251 e. The van der Waals surface area contributed by atoms with Crippen molar-refractivity contribution in [3.8, 4) is 0 Å². The molecular weight excluding hydrogens is 372 g/mol. The third-order valence-electron chi connectivity index (χ3n) is 4.47. The van der Waals surface area contributed by atoms with Gasteiger partial charge in [0.2, 0.25) is 10.0 Å². The van der Waals surface area contributed by atoms with Crippen LogP contribution in [0, 0.1) is 6.92 Å². The number of aryl methyl sites for hydroxylation is 1. The van der Waals surface area contributed by atoms with E-state index in [4.69, 9.17) is 11.6 Å². The molecule has 1 saturated heterocycles. The molecule has 1 aliphatic rings. The lowest BCUT2D eigenvalue weighted by atomic mass is 10.1. The van der Waals surface area contributed by atoms with Gasteiger partial charge in [0.1, 0.15) is 0 Å². The van der Waals surface area contributed by atoms with Crippen LogP contribution in [-0.2, 0) is 16.6 Å². The Bertz CT molecular complexity index is 928. The summed E-state index contributed by atoms with van der Waals surface area (Å²) >= 11 is 6.10. The highest BCUT2D eigenvalue weighted by molar-refractivity contribution is 7.92. The Balaban J connectivity index is 1.75. The number of hydrogen-bond acceptors (Lipinski definition) is 3. The number of hydrogen-bond donors (Lipinski definition) is 1. The fourth-order valence-corrected chi connectivity index (χ4v) is 4.96. The molecule has 26 heavy (non-hydrogen) atoms. The van der Waals surface area contributed by atoms with Gasteiger partial charge in [-0.15, -0.1) is 0 Å². The van der Waals surface area contributed by atoms with E-state index in [1.54, 1.807) is 24.3 Å². The molecule has 1 heterocycles. The summed E-state index contributed by atoms with van der Waals surface area (Å²) in [5, 5.41) is 3.45. The molecule has 0 spiro atoms. The number of amides is 1. The number of carbonyl (C=O) groups excluding carboxylic acids is 1. The monoisotopic (exact) mass is 392 g/mol. The van der Waals surface area contributed by atoms with Crippen LogP contribution in [0.15, 0.2) is 42.5 Å². The Morgan fingerprint density at radius 1 is 1.19 bits per heavy atom. The van der Waals surface area contributed by atoms with Crippen molar-refractivity contribution in [1.29, 1.82) is 0 Å².